The Bertz CT molecular complexity index is 431. The van der Waals surface area contributed by atoms with Crippen molar-refractivity contribution >= 4 is 96.3 Å². The Labute approximate surface area is 153 Å². The van der Waals surface area contributed by atoms with E-state index in [2.05, 4.69) is 11.8 Å². The van der Waals surface area contributed by atoms with Gasteiger partial charge in [0.25, 0.3) is 0 Å². The van der Waals surface area contributed by atoms with E-state index < -0.39 is 19.5 Å². The molecule has 1 heterocycles. The minimum atomic E-state index is -4.65. The van der Waals surface area contributed by atoms with Crippen molar-refractivity contribution in [1.29, 1.82) is 0 Å². The van der Waals surface area contributed by atoms with Crippen LogP contribution in [0, 0.1) is 6.92 Å². The van der Waals surface area contributed by atoms with Gasteiger partial charge in [0, 0.05) is 64.0 Å². The molecule has 0 aliphatic carbocycles. The average molecular weight is 334 g/mol. The average Bonchev–Trinajstić information content (AvgIpc) is 2.28. The zero-order chi connectivity index (χ0) is 11.9. The first-order valence-electron chi connectivity index (χ1n) is 3.78. The minimum absolute atomic E-state index is 0. The van der Waals surface area contributed by atoms with Crippen LogP contribution in [0.25, 0.3) is 0 Å². The second-order valence-electron chi connectivity index (χ2n) is 3.08. The maximum atomic E-state index is 11.1. The van der Waals surface area contributed by atoms with E-state index in [0.29, 0.717) is 0 Å². The number of aryl methyl sites for hydroxylation is 1. The fourth-order valence-electron chi connectivity index (χ4n) is 1.12. The van der Waals surface area contributed by atoms with Gasteiger partial charge in [0.05, 0.1) is 0 Å². The molecular weight excluding hydrogens is 324 g/mol. The van der Waals surface area contributed by atoms with Crippen molar-refractivity contribution in [3.8, 4) is 0 Å². The fourth-order valence-corrected chi connectivity index (χ4v) is 7.13. The first-order valence-corrected chi connectivity index (χ1v) is 9.11. The molecule has 5 nitrogen and oxygen atoms in total. The zero-order valence-corrected chi connectivity index (χ0v) is 17.1. The van der Waals surface area contributed by atoms with Crippen LogP contribution in [-0.2, 0) is 16.4 Å². The Hall–Kier alpha value is 2.42. The second-order valence-corrected chi connectivity index (χ2v) is 9.43. The molecule has 17 heavy (non-hydrogen) atoms. The summed E-state index contributed by atoms with van der Waals surface area (Å²) in [5, 5.41) is 0.00176. The summed E-state index contributed by atoms with van der Waals surface area (Å²) >= 11 is 5.44. The molecule has 1 unspecified atom stereocenters. The summed E-state index contributed by atoms with van der Waals surface area (Å²) in [4.78, 5) is 36.8. The summed E-state index contributed by atoms with van der Waals surface area (Å²) < 4.78 is 11.1. The Balaban J connectivity index is 0. The van der Waals surface area contributed by atoms with Gasteiger partial charge in [-0.2, -0.15) is 0 Å². The predicted octanol–water partition coefficient (Wildman–Crippen LogP) is 0.765. The third kappa shape index (κ3) is 6.61. The monoisotopic (exact) mass is 334 g/mol. The van der Waals surface area contributed by atoms with Crippen LogP contribution in [0.15, 0.2) is 11.4 Å². The topological polar surface area (TPSA) is 98.0 Å². The van der Waals surface area contributed by atoms with Gasteiger partial charge in [-0.25, -0.2) is 0 Å². The Kier molecular flexibility index (Phi) is 10.2. The van der Waals surface area contributed by atoms with Crippen LogP contribution >= 0.6 is 25.4 Å². The van der Waals surface area contributed by atoms with E-state index in [1.54, 1.807) is 12.3 Å². The first-order chi connectivity index (χ1) is 6.62. The molecule has 0 amide bonds. The Morgan fingerprint density at radius 3 is 2.00 bits per heavy atom. The third-order valence-corrected chi connectivity index (χ3v) is 7.91. The Morgan fingerprint density at radius 2 is 1.76 bits per heavy atom. The molecule has 4 N–H and O–H groups in total. The van der Waals surface area contributed by atoms with Crippen LogP contribution in [0.3, 0.4) is 0 Å². The normalized spacial score (nSPS) is 13.5. The van der Waals surface area contributed by atoms with Gasteiger partial charge in [-0.1, -0.05) is 0 Å². The molecule has 2 radical (unpaired) electrons. The molecule has 0 aliphatic rings. The summed E-state index contributed by atoms with van der Waals surface area (Å²) in [5.41, 5.74) is 0.803. The van der Waals surface area contributed by atoms with E-state index in [9.17, 15) is 14.4 Å². The van der Waals surface area contributed by atoms with Gasteiger partial charge in [-0.05, 0) is 35.7 Å². The molecule has 0 bridgehead atoms. The van der Waals surface area contributed by atoms with E-state index in [4.69, 9.17) is 9.79 Å². The van der Waals surface area contributed by atoms with Crippen molar-refractivity contribution in [1.82, 2.24) is 0 Å². The third-order valence-electron chi connectivity index (χ3n) is 1.64. The summed E-state index contributed by atoms with van der Waals surface area (Å²) in [6, 6.07) is 1.50. The van der Waals surface area contributed by atoms with Gasteiger partial charge in [0.1, 0.15) is 0 Å². The van der Waals surface area contributed by atoms with Gasteiger partial charge in [-0.15, -0.1) is 11.3 Å². The van der Waals surface area contributed by atoms with Gasteiger partial charge in [-0.3, -0.25) is 4.57 Å². The Morgan fingerprint density at radius 1 is 1.29 bits per heavy atom. The standard InChI is InChI=1S/C6H10O5P2S2.2Na/c1-4-2-5(15-3-4)6(12(7,8)9)13(10,11)14;;/h2-3,6H,1H3,(H2,7,8,9)(H2,10,11,14);;. The predicted molar refractivity (Wildman–Crippen MR) is 74.1 cm³/mol. The van der Waals surface area contributed by atoms with Crippen LogP contribution in [0.2, 0.25) is 0 Å². The van der Waals surface area contributed by atoms with Crippen molar-refractivity contribution in [3.05, 3.63) is 21.9 Å². The van der Waals surface area contributed by atoms with Gasteiger partial charge < -0.3 is 19.6 Å². The van der Waals surface area contributed by atoms with E-state index in [-0.39, 0.29) is 64.0 Å². The summed E-state index contributed by atoms with van der Waals surface area (Å²) in [6.07, 6.45) is 0. The maximum Gasteiger partial charge on any atom is 0.343 e. The molecule has 11 heteroatoms. The summed E-state index contributed by atoms with van der Waals surface area (Å²) in [5.74, 6) is 0. The summed E-state index contributed by atoms with van der Waals surface area (Å²) in [6.45, 7) is -2.28. The molecule has 0 spiro atoms. The molecule has 0 aliphatic heterocycles. The molecule has 0 aromatic carbocycles. The number of thiophene rings is 1. The molecule has 0 fully saturated rings. The zero-order valence-electron chi connectivity index (χ0n) is 9.64. The van der Waals surface area contributed by atoms with Crippen LogP contribution in [-0.4, -0.2) is 78.7 Å². The summed E-state index contributed by atoms with van der Waals surface area (Å²) in [7, 11) is -4.65. The molecular formula is C6H10Na2O5P2S2. The van der Waals surface area contributed by atoms with Crippen LogP contribution < -0.4 is 0 Å². The number of hydrogen-bond donors (Lipinski definition) is 4. The van der Waals surface area contributed by atoms with E-state index in [1.807, 2.05) is 0 Å². The molecule has 1 aromatic heterocycles. The minimum Gasteiger partial charge on any atom is -0.344 e. The molecule has 0 saturated heterocycles. The van der Waals surface area contributed by atoms with Crippen molar-refractivity contribution in [3.63, 3.8) is 0 Å². The number of hydrogen-bond acceptors (Lipinski definition) is 3. The van der Waals surface area contributed by atoms with Gasteiger partial charge in [0.15, 0.2) is 5.40 Å². The largest absolute Gasteiger partial charge is 0.344 e. The molecule has 1 rings (SSSR count). The molecule has 1 aromatic rings. The first kappa shape index (κ1) is 21.7. The number of rotatable bonds is 3. The molecule has 88 valence electrons. The molecule has 0 saturated carbocycles. The van der Waals surface area contributed by atoms with Crippen LogP contribution in [0.1, 0.15) is 15.8 Å². The van der Waals surface area contributed by atoms with E-state index in [0.717, 1.165) is 16.9 Å². The fraction of sp³-hybridized carbons (Fsp3) is 0.333. The smallest absolute Gasteiger partial charge is 0.343 e. The SMILES string of the molecule is Cc1csc(C(P(=O)(O)O)P(O)(O)=S)c1.[Na].[Na]. The quantitative estimate of drug-likeness (QED) is 0.481. The van der Waals surface area contributed by atoms with Crippen molar-refractivity contribution in [2.75, 3.05) is 0 Å². The van der Waals surface area contributed by atoms with E-state index in [1.165, 1.54) is 6.07 Å². The maximum absolute atomic E-state index is 11.1. The van der Waals surface area contributed by atoms with Crippen molar-refractivity contribution in [2.24, 2.45) is 0 Å². The van der Waals surface area contributed by atoms with Crippen LogP contribution in [0.5, 0.6) is 0 Å². The second kappa shape index (κ2) is 8.01. The van der Waals surface area contributed by atoms with E-state index >= 15 is 0 Å². The van der Waals surface area contributed by atoms with Crippen molar-refractivity contribution in [2.45, 2.75) is 12.3 Å². The van der Waals surface area contributed by atoms with Gasteiger partial charge in [0.2, 0.25) is 6.49 Å². The molecule has 1 atom stereocenters. The van der Waals surface area contributed by atoms with Gasteiger partial charge >= 0.3 is 7.60 Å². The van der Waals surface area contributed by atoms with Crippen molar-refractivity contribution < 1.29 is 24.1 Å². The van der Waals surface area contributed by atoms with Crippen LogP contribution in [0.4, 0.5) is 0 Å².